The van der Waals surface area contributed by atoms with Crippen molar-refractivity contribution in [2.75, 3.05) is 25.0 Å². The maximum absolute atomic E-state index is 11.8. The summed E-state index contributed by atoms with van der Waals surface area (Å²) in [4.78, 5) is 24.2. The van der Waals surface area contributed by atoms with Crippen molar-refractivity contribution in [1.82, 2.24) is 4.90 Å². The van der Waals surface area contributed by atoms with E-state index in [-0.39, 0.29) is 11.6 Å². The maximum Gasteiger partial charge on any atom is 0.269 e. The number of aryl methyl sites for hydroxylation is 1. The summed E-state index contributed by atoms with van der Waals surface area (Å²) in [6.45, 7) is 8.41. The van der Waals surface area contributed by atoms with Gasteiger partial charge in [0.15, 0.2) is 0 Å². The number of anilines is 1. The zero-order valence-corrected chi connectivity index (χ0v) is 12.2. The van der Waals surface area contributed by atoms with Gasteiger partial charge in [0.25, 0.3) is 5.69 Å². The Hall–Kier alpha value is -1.95. The number of hydrogen-bond acceptors (Lipinski definition) is 4. The highest BCUT2D eigenvalue weighted by molar-refractivity contribution is 5.91. The van der Waals surface area contributed by atoms with E-state index in [0.29, 0.717) is 24.2 Å². The number of rotatable bonds is 7. The fourth-order valence-electron chi connectivity index (χ4n) is 1.91. The molecule has 110 valence electrons. The lowest BCUT2D eigenvalue weighted by Gasteiger charge is -2.17. The predicted octanol–water partition coefficient (Wildman–Crippen LogP) is 2.57. The fraction of sp³-hybridized carbons (Fsp3) is 0.500. The lowest BCUT2D eigenvalue weighted by molar-refractivity contribution is -0.384. The van der Waals surface area contributed by atoms with E-state index in [0.717, 1.165) is 13.1 Å². The Kier molecular flexibility index (Phi) is 6.11. The number of non-ortho nitro benzene ring substituents is 1. The minimum atomic E-state index is -0.445. The summed E-state index contributed by atoms with van der Waals surface area (Å²) in [5.41, 5.74) is 1.35. The lowest BCUT2D eigenvalue weighted by atomic mass is 10.1. The molecule has 6 nitrogen and oxygen atoms in total. The molecule has 1 N–H and O–H groups in total. The van der Waals surface area contributed by atoms with Gasteiger partial charge >= 0.3 is 0 Å². The van der Waals surface area contributed by atoms with Crippen molar-refractivity contribution in [2.45, 2.75) is 27.2 Å². The standard InChI is InChI=1S/C14H21N3O3/c1-4-16(5-2)9-8-14(18)15-13-7-6-12(17(19)20)10-11(13)3/h6-7,10H,4-5,8-9H2,1-3H3,(H,15,18). The summed E-state index contributed by atoms with van der Waals surface area (Å²) in [5.74, 6) is -0.0751. The third-order valence-electron chi connectivity index (χ3n) is 3.24. The molecular formula is C14H21N3O3. The van der Waals surface area contributed by atoms with Crippen molar-refractivity contribution in [1.29, 1.82) is 0 Å². The molecular weight excluding hydrogens is 258 g/mol. The first-order chi connectivity index (χ1) is 9.47. The van der Waals surface area contributed by atoms with Crippen molar-refractivity contribution in [2.24, 2.45) is 0 Å². The van der Waals surface area contributed by atoms with Crippen molar-refractivity contribution in [3.63, 3.8) is 0 Å². The highest BCUT2D eigenvalue weighted by Crippen LogP contribution is 2.21. The van der Waals surface area contributed by atoms with E-state index >= 15 is 0 Å². The molecule has 0 heterocycles. The second-order valence-corrected chi connectivity index (χ2v) is 4.58. The summed E-state index contributed by atoms with van der Waals surface area (Å²) in [5, 5.41) is 13.4. The normalized spacial score (nSPS) is 10.6. The Morgan fingerprint density at radius 3 is 2.50 bits per heavy atom. The molecule has 0 aliphatic heterocycles. The maximum atomic E-state index is 11.8. The molecule has 0 aliphatic carbocycles. The number of amides is 1. The average molecular weight is 279 g/mol. The van der Waals surface area contributed by atoms with Crippen LogP contribution in [0.15, 0.2) is 18.2 Å². The zero-order chi connectivity index (χ0) is 15.1. The second-order valence-electron chi connectivity index (χ2n) is 4.58. The van der Waals surface area contributed by atoms with Crippen molar-refractivity contribution in [3.05, 3.63) is 33.9 Å². The number of nitrogens with one attached hydrogen (secondary N) is 1. The van der Waals surface area contributed by atoms with E-state index in [2.05, 4.69) is 24.1 Å². The second kappa shape index (κ2) is 7.59. The first kappa shape index (κ1) is 16.1. The minimum Gasteiger partial charge on any atom is -0.326 e. The summed E-state index contributed by atoms with van der Waals surface area (Å²) in [7, 11) is 0. The van der Waals surface area contributed by atoms with E-state index in [9.17, 15) is 14.9 Å². The number of benzene rings is 1. The van der Waals surface area contributed by atoms with E-state index in [4.69, 9.17) is 0 Å². The molecule has 0 bridgehead atoms. The summed E-state index contributed by atoms with van der Waals surface area (Å²) >= 11 is 0. The molecule has 0 aromatic heterocycles. The minimum absolute atomic E-state index is 0.0311. The van der Waals surface area contributed by atoms with Gasteiger partial charge in [0.2, 0.25) is 5.91 Å². The van der Waals surface area contributed by atoms with E-state index in [1.54, 1.807) is 13.0 Å². The van der Waals surface area contributed by atoms with Gasteiger partial charge in [-0.1, -0.05) is 13.8 Å². The van der Waals surface area contributed by atoms with E-state index in [1.165, 1.54) is 12.1 Å². The molecule has 0 radical (unpaired) electrons. The molecule has 0 spiro atoms. The predicted molar refractivity (Wildman–Crippen MR) is 78.9 cm³/mol. The molecule has 0 atom stereocenters. The van der Waals surface area contributed by atoms with Gasteiger partial charge in [0, 0.05) is 30.8 Å². The Labute approximate surface area is 118 Å². The largest absolute Gasteiger partial charge is 0.326 e. The van der Waals surface area contributed by atoms with E-state index < -0.39 is 4.92 Å². The summed E-state index contributed by atoms with van der Waals surface area (Å²) in [6.07, 6.45) is 0.415. The van der Waals surface area contributed by atoms with Crippen LogP contribution in [0, 0.1) is 17.0 Å². The van der Waals surface area contributed by atoms with Crippen LogP contribution in [0.4, 0.5) is 11.4 Å². The quantitative estimate of drug-likeness (QED) is 0.615. The van der Waals surface area contributed by atoms with E-state index in [1.807, 2.05) is 0 Å². The molecule has 1 amide bonds. The Bertz CT molecular complexity index is 485. The van der Waals surface area contributed by atoms with Crippen molar-refractivity contribution in [3.8, 4) is 0 Å². The zero-order valence-electron chi connectivity index (χ0n) is 12.2. The Morgan fingerprint density at radius 2 is 2.00 bits per heavy atom. The van der Waals surface area contributed by atoms with Gasteiger partial charge in [-0.2, -0.15) is 0 Å². The molecule has 0 aliphatic rings. The number of carbonyl (C=O) groups excluding carboxylic acids is 1. The van der Waals surface area contributed by atoms with Gasteiger partial charge in [-0.05, 0) is 31.6 Å². The highest BCUT2D eigenvalue weighted by Gasteiger charge is 2.10. The third kappa shape index (κ3) is 4.62. The first-order valence-corrected chi connectivity index (χ1v) is 6.75. The summed E-state index contributed by atoms with van der Waals surface area (Å²) in [6, 6.07) is 4.43. The number of carbonyl (C=O) groups is 1. The molecule has 1 aromatic rings. The molecule has 0 unspecified atom stereocenters. The summed E-state index contributed by atoms with van der Waals surface area (Å²) < 4.78 is 0. The average Bonchev–Trinajstić information content (AvgIpc) is 2.42. The monoisotopic (exact) mass is 279 g/mol. The van der Waals surface area contributed by atoms with Crippen molar-refractivity contribution >= 4 is 17.3 Å². The number of nitrogens with zero attached hydrogens (tertiary/aromatic N) is 2. The molecule has 1 rings (SSSR count). The number of nitro groups is 1. The van der Waals surface area contributed by atoms with Crippen LogP contribution in [0.1, 0.15) is 25.8 Å². The Morgan fingerprint density at radius 1 is 1.35 bits per heavy atom. The van der Waals surface area contributed by atoms with Crippen molar-refractivity contribution < 1.29 is 9.72 Å². The van der Waals surface area contributed by atoms with Gasteiger partial charge < -0.3 is 10.2 Å². The fourth-order valence-corrected chi connectivity index (χ4v) is 1.91. The molecule has 20 heavy (non-hydrogen) atoms. The first-order valence-electron chi connectivity index (χ1n) is 6.75. The van der Waals surface area contributed by atoms with Gasteiger partial charge in [0.1, 0.15) is 0 Å². The smallest absolute Gasteiger partial charge is 0.269 e. The number of hydrogen-bond donors (Lipinski definition) is 1. The third-order valence-corrected chi connectivity index (χ3v) is 3.24. The SMILES string of the molecule is CCN(CC)CCC(=O)Nc1ccc([N+](=O)[O-])cc1C. The molecule has 0 saturated heterocycles. The number of nitro benzene ring substituents is 1. The topological polar surface area (TPSA) is 75.5 Å². The molecule has 0 saturated carbocycles. The van der Waals surface area contributed by atoms with Gasteiger partial charge in [-0.25, -0.2) is 0 Å². The van der Waals surface area contributed by atoms with Crippen LogP contribution >= 0.6 is 0 Å². The van der Waals surface area contributed by atoms with Crippen LogP contribution in [0.25, 0.3) is 0 Å². The highest BCUT2D eigenvalue weighted by atomic mass is 16.6. The van der Waals surface area contributed by atoms with Gasteiger partial charge in [0.05, 0.1) is 4.92 Å². The van der Waals surface area contributed by atoms with Crippen LogP contribution in [-0.2, 0) is 4.79 Å². The van der Waals surface area contributed by atoms with Crippen LogP contribution in [0.3, 0.4) is 0 Å². The molecule has 1 aromatic carbocycles. The molecule has 6 heteroatoms. The van der Waals surface area contributed by atoms with Crippen LogP contribution < -0.4 is 5.32 Å². The van der Waals surface area contributed by atoms with Gasteiger partial charge in [-0.3, -0.25) is 14.9 Å². The van der Waals surface area contributed by atoms with Crippen LogP contribution in [0.5, 0.6) is 0 Å². The van der Waals surface area contributed by atoms with Crippen LogP contribution in [0.2, 0.25) is 0 Å². The van der Waals surface area contributed by atoms with Crippen LogP contribution in [-0.4, -0.2) is 35.4 Å². The van der Waals surface area contributed by atoms with Gasteiger partial charge in [-0.15, -0.1) is 0 Å². The lowest BCUT2D eigenvalue weighted by Crippen LogP contribution is -2.27. The Balaban J connectivity index is 2.60. The molecule has 0 fully saturated rings.